The first-order valence-corrected chi connectivity index (χ1v) is 6.43. The second-order valence-corrected chi connectivity index (χ2v) is 4.92. The van der Waals surface area contributed by atoms with Crippen molar-refractivity contribution in [1.29, 1.82) is 0 Å². The van der Waals surface area contributed by atoms with E-state index in [-0.39, 0.29) is 5.82 Å². The van der Waals surface area contributed by atoms with Crippen molar-refractivity contribution in [3.8, 4) is 0 Å². The van der Waals surface area contributed by atoms with Crippen molar-refractivity contribution in [1.82, 2.24) is 5.32 Å². The molecule has 0 radical (unpaired) electrons. The summed E-state index contributed by atoms with van der Waals surface area (Å²) < 4.78 is 12.9. The van der Waals surface area contributed by atoms with Gasteiger partial charge in [-0.15, -0.1) is 0 Å². The van der Waals surface area contributed by atoms with Gasteiger partial charge in [-0.1, -0.05) is 6.92 Å². The molecule has 2 atom stereocenters. The van der Waals surface area contributed by atoms with E-state index >= 15 is 0 Å². The Balaban J connectivity index is 2.12. The van der Waals surface area contributed by atoms with Gasteiger partial charge < -0.3 is 10.2 Å². The molecule has 2 unspecified atom stereocenters. The van der Waals surface area contributed by atoms with Gasteiger partial charge in [0.15, 0.2) is 0 Å². The lowest BCUT2D eigenvalue weighted by molar-refractivity contribution is 0.350. The molecule has 2 rings (SSSR count). The highest BCUT2D eigenvalue weighted by Gasteiger charge is 2.23. The largest absolute Gasteiger partial charge is 0.368 e. The van der Waals surface area contributed by atoms with Crippen molar-refractivity contribution >= 4 is 5.69 Å². The van der Waals surface area contributed by atoms with Gasteiger partial charge in [0.05, 0.1) is 0 Å². The normalized spacial score (nSPS) is 24.6. The highest BCUT2D eigenvalue weighted by atomic mass is 19.1. The van der Waals surface area contributed by atoms with Gasteiger partial charge >= 0.3 is 0 Å². The van der Waals surface area contributed by atoms with Gasteiger partial charge in [-0.3, -0.25) is 0 Å². The third-order valence-electron chi connectivity index (χ3n) is 3.49. The summed E-state index contributed by atoms with van der Waals surface area (Å²) in [5.74, 6) is 0.545. The Kier molecular flexibility index (Phi) is 4.00. The minimum Gasteiger partial charge on any atom is -0.368 e. The van der Waals surface area contributed by atoms with Crippen LogP contribution >= 0.6 is 0 Å². The number of hydrogen-bond acceptors (Lipinski definition) is 2. The summed E-state index contributed by atoms with van der Waals surface area (Å²) in [5.41, 5.74) is 1.12. The van der Waals surface area contributed by atoms with Gasteiger partial charge in [0, 0.05) is 24.8 Å². The Labute approximate surface area is 103 Å². The zero-order chi connectivity index (χ0) is 12.3. The molecule has 1 fully saturated rings. The molecule has 17 heavy (non-hydrogen) atoms. The van der Waals surface area contributed by atoms with Gasteiger partial charge in [0.25, 0.3) is 0 Å². The highest BCUT2D eigenvalue weighted by molar-refractivity contribution is 5.47. The predicted molar refractivity (Wildman–Crippen MR) is 69.9 cm³/mol. The summed E-state index contributed by atoms with van der Waals surface area (Å²) in [5, 5.41) is 3.46. The van der Waals surface area contributed by atoms with Crippen molar-refractivity contribution in [2.45, 2.75) is 26.3 Å². The standard InChI is InChI=1S/C14H21FN2/c1-3-17(13-6-4-12(15)5-7-13)14-8-11(2)9-16-10-14/h4-7,11,14,16H,3,8-10H2,1-2H3. The molecule has 0 aliphatic carbocycles. The molecule has 1 aliphatic rings. The molecule has 2 nitrogen and oxygen atoms in total. The number of likely N-dealkylation sites (N-methyl/N-ethyl adjacent to an activating group) is 1. The van der Waals surface area contributed by atoms with Crippen molar-refractivity contribution in [3.63, 3.8) is 0 Å². The van der Waals surface area contributed by atoms with E-state index in [0.29, 0.717) is 12.0 Å². The van der Waals surface area contributed by atoms with Gasteiger partial charge in [0.2, 0.25) is 0 Å². The first kappa shape index (κ1) is 12.4. The smallest absolute Gasteiger partial charge is 0.123 e. The number of piperidine rings is 1. The zero-order valence-electron chi connectivity index (χ0n) is 10.6. The maximum Gasteiger partial charge on any atom is 0.123 e. The fourth-order valence-corrected chi connectivity index (χ4v) is 2.65. The Morgan fingerprint density at radius 1 is 1.29 bits per heavy atom. The Bertz CT molecular complexity index is 350. The number of nitrogens with zero attached hydrogens (tertiary/aromatic N) is 1. The predicted octanol–water partition coefficient (Wildman–Crippen LogP) is 2.65. The number of anilines is 1. The molecule has 1 aromatic carbocycles. The SMILES string of the molecule is CCN(c1ccc(F)cc1)C1CNCC(C)C1. The van der Waals surface area contributed by atoms with Crippen LogP contribution in [0.3, 0.4) is 0 Å². The molecule has 1 aliphatic heterocycles. The van der Waals surface area contributed by atoms with E-state index in [4.69, 9.17) is 0 Å². The summed E-state index contributed by atoms with van der Waals surface area (Å²) in [6.07, 6.45) is 1.21. The second kappa shape index (κ2) is 5.50. The summed E-state index contributed by atoms with van der Waals surface area (Å²) in [6.45, 7) is 7.53. The second-order valence-electron chi connectivity index (χ2n) is 4.92. The molecule has 0 saturated carbocycles. The molecule has 0 spiro atoms. The Hall–Kier alpha value is -1.09. The van der Waals surface area contributed by atoms with Crippen LogP contribution in [0.25, 0.3) is 0 Å². The maximum atomic E-state index is 12.9. The molecule has 3 heteroatoms. The minimum atomic E-state index is -0.167. The third kappa shape index (κ3) is 2.97. The quantitative estimate of drug-likeness (QED) is 0.868. The van der Waals surface area contributed by atoms with Crippen molar-refractivity contribution in [2.24, 2.45) is 5.92 Å². The van der Waals surface area contributed by atoms with E-state index in [1.165, 1.54) is 18.6 Å². The van der Waals surface area contributed by atoms with Gasteiger partial charge in [0.1, 0.15) is 5.82 Å². The monoisotopic (exact) mass is 236 g/mol. The molecule has 1 heterocycles. The molecular weight excluding hydrogens is 215 g/mol. The first-order valence-electron chi connectivity index (χ1n) is 6.43. The summed E-state index contributed by atoms with van der Waals surface area (Å²) >= 11 is 0. The van der Waals surface area contributed by atoms with E-state index in [1.54, 1.807) is 0 Å². The number of halogens is 1. The molecule has 0 bridgehead atoms. The van der Waals surface area contributed by atoms with Crippen molar-refractivity contribution < 1.29 is 4.39 Å². The first-order chi connectivity index (χ1) is 8.20. The van der Waals surface area contributed by atoms with Crippen LogP contribution < -0.4 is 10.2 Å². The molecule has 1 N–H and O–H groups in total. The average Bonchev–Trinajstić information content (AvgIpc) is 2.33. The van der Waals surface area contributed by atoms with Crippen LogP contribution in [0.5, 0.6) is 0 Å². The highest BCUT2D eigenvalue weighted by Crippen LogP contribution is 2.22. The van der Waals surface area contributed by atoms with E-state index in [1.807, 2.05) is 12.1 Å². The molecule has 1 saturated heterocycles. The van der Waals surface area contributed by atoms with Crippen LogP contribution in [0.1, 0.15) is 20.3 Å². The summed E-state index contributed by atoms with van der Waals surface area (Å²) in [7, 11) is 0. The van der Waals surface area contributed by atoms with Gasteiger partial charge in [-0.05, 0) is 50.1 Å². The van der Waals surface area contributed by atoms with E-state index in [0.717, 1.165) is 25.3 Å². The number of nitrogens with one attached hydrogen (secondary N) is 1. The van der Waals surface area contributed by atoms with Crippen LogP contribution in [0.4, 0.5) is 10.1 Å². The maximum absolute atomic E-state index is 12.9. The topological polar surface area (TPSA) is 15.3 Å². The number of hydrogen-bond donors (Lipinski definition) is 1. The lowest BCUT2D eigenvalue weighted by Crippen LogP contribution is -2.48. The van der Waals surface area contributed by atoms with Crippen molar-refractivity contribution in [3.05, 3.63) is 30.1 Å². The van der Waals surface area contributed by atoms with E-state index < -0.39 is 0 Å². The number of rotatable bonds is 3. The van der Waals surface area contributed by atoms with Crippen LogP contribution in [-0.4, -0.2) is 25.7 Å². The van der Waals surface area contributed by atoms with Crippen LogP contribution in [0, 0.1) is 11.7 Å². The molecule has 1 aromatic rings. The zero-order valence-corrected chi connectivity index (χ0v) is 10.6. The molecular formula is C14H21FN2. The fraction of sp³-hybridized carbons (Fsp3) is 0.571. The Morgan fingerprint density at radius 2 is 2.00 bits per heavy atom. The van der Waals surface area contributed by atoms with Crippen LogP contribution in [0.2, 0.25) is 0 Å². The molecule has 94 valence electrons. The summed E-state index contributed by atoms with van der Waals surface area (Å²) in [4.78, 5) is 2.36. The fourth-order valence-electron chi connectivity index (χ4n) is 2.65. The van der Waals surface area contributed by atoms with Gasteiger partial charge in [-0.25, -0.2) is 4.39 Å². The van der Waals surface area contributed by atoms with E-state index in [9.17, 15) is 4.39 Å². The summed E-state index contributed by atoms with van der Waals surface area (Å²) in [6, 6.07) is 7.35. The third-order valence-corrected chi connectivity index (χ3v) is 3.49. The Morgan fingerprint density at radius 3 is 2.59 bits per heavy atom. The average molecular weight is 236 g/mol. The number of benzene rings is 1. The molecule has 0 aromatic heterocycles. The molecule has 0 amide bonds. The lowest BCUT2D eigenvalue weighted by atomic mass is 9.96. The lowest BCUT2D eigenvalue weighted by Gasteiger charge is -2.38. The van der Waals surface area contributed by atoms with Gasteiger partial charge in [-0.2, -0.15) is 0 Å². The van der Waals surface area contributed by atoms with Crippen molar-refractivity contribution in [2.75, 3.05) is 24.5 Å². The van der Waals surface area contributed by atoms with E-state index in [2.05, 4.69) is 24.1 Å². The van der Waals surface area contributed by atoms with Crippen LogP contribution in [0.15, 0.2) is 24.3 Å². The van der Waals surface area contributed by atoms with Crippen LogP contribution in [-0.2, 0) is 0 Å². The minimum absolute atomic E-state index is 0.167.